The summed E-state index contributed by atoms with van der Waals surface area (Å²) in [7, 11) is 0. The molecule has 2 rings (SSSR count). The molecule has 0 saturated carbocycles. The Balaban J connectivity index is 2.39. The highest BCUT2D eigenvalue weighted by Crippen LogP contribution is 2.22. The van der Waals surface area contributed by atoms with Crippen LogP contribution in [0.4, 0.5) is 15.8 Å². The molecule has 2 aromatic carbocycles. The van der Waals surface area contributed by atoms with Crippen molar-refractivity contribution in [1.82, 2.24) is 0 Å². The first-order valence-corrected chi connectivity index (χ1v) is 7.23. The molecule has 0 aliphatic heterocycles. The number of hydrogen-bond donors (Lipinski definition) is 1. The van der Waals surface area contributed by atoms with E-state index in [9.17, 15) is 9.18 Å². The van der Waals surface area contributed by atoms with Gasteiger partial charge in [-0.3, -0.25) is 4.79 Å². The first-order valence-electron chi connectivity index (χ1n) is 6.15. The standard InChI is InChI=1S/C15H14FIN2O/c1-2-19(12-5-3-4-11(18)9-12)15(20)13-7-6-10(16)8-14(13)17/h3-9H,2,18H2,1H3. The second-order valence-corrected chi connectivity index (χ2v) is 5.43. The number of hydrogen-bond acceptors (Lipinski definition) is 2. The molecular formula is C15H14FIN2O. The van der Waals surface area contributed by atoms with Crippen molar-refractivity contribution < 1.29 is 9.18 Å². The predicted molar refractivity (Wildman–Crippen MR) is 87.3 cm³/mol. The number of halogens is 2. The van der Waals surface area contributed by atoms with Gasteiger partial charge >= 0.3 is 0 Å². The Morgan fingerprint density at radius 1 is 1.30 bits per heavy atom. The summed E-state index contributed by atoms with van der Waals surface area (Å²) in [6.07, 6.45) is 0. The molecule has 0 bridgehead atoms. The fraction of sp³-hybridized carbons (Fsp3) is 0.133. The van der Waals surface area contributed by atoms with Crippen LogP contribution in [0.1, 0.15) is 17.3 Å². The van der Waals surface area contributed by atoms with Crippen molar-refractivity contribution >= 4 is 39.9 Å². The third-order valence-electron chi connectivity index (χ3n) is 2.90. The van der Waals surface area contributed by atoms with E-state index in [-0.39, 0.29) is 11.7 Å². The van der Waals surface area contributed by atoms with Gasteiger partial charge in [-0.25, -0.2) is 4.39 Å². The first-order chi connectivity index (χ1) is 9.52. The van der Waals surface area contributed by atoms with Crippen molar-refractivity contribution in [2.45, 2.75) is 6.92 Å². The van der Waals surface area contributed by atoms with Crippen LogP contribution in [0.25, 0.3) is 0 Å². The van der Waals surface area contributed by atoms with Gasteiger partial charge in [0.1, 0.15) is 5.82 Å². The summed E-state index contributed by atoms with van der Waals surface area (Å²) in [6, 6.07) is 11.3. The number of rotatable bonds is 3. The molecule has 0 saturated heterocycles. The monoisotopic (exact) mass is 384 g/mol. The maximum absolute atomic E-state index is 13.1. The summed E-state index contributed by atoms with van der Waals surface area (Å²) in [4.78, 5) is 14.2. The molecule has 0 fully saturated rings. The minimum atomic E-state index is -0.349. The summed E-state index contributed by atoms with van der Waals surface area (Å²) >= 11 is 1.96. The first kappa shape index (κ1) is 14.8. The number of benzene rings is 2. The molecule has 0 aliphatic rings. The number of carbonyl (C=O) groups excluding carboxylic acids is 1. The number of amides is 1. The molecule has 3 nitrogen and oxygen atoms in total. The maximum atomic E-state index is 13.1. The lowest BCUT2D eigenvalue weighted by molar-refractivity contribution is 0.0987. The zero-order valence-corrected chi connectivity index (χ0v) is 13.1. The maximum Gasteiger partial charge on any atom is 0.259 e. The quantitative estimate of drug-likeness (QED) is 0.649. The topological polar surface area (TPSA) is 46.3 Å². The molecule has 0 heterocycles. The Morgan fingerprint density at radius 3 is 2.65 bits per heavy atom. The summed E-state index contributed by atoms with van der Waals surface area (Å²) in [5, 5.41) is 0. The van der Waals surface area contributed by atoms with E-state index in [1.165, 1.54) is 18.2 Å². The second kappa shape index (κ2) is 6.21. The normalized spacial score (nSPS) is 10.3. The van der Waals surface area contributed by atoms with Crippen LogP contribution in [-0.4, -0.2) is 12.5 Å². The number of nitrogens with zero attached hydrogens (tertiary/aromatic N) is 1. The summed E-state index contributed by atoms with van der Waals surface area (Å²) in [6.45, 7) is 2.40. The lowest BCUT2D eigenvalue weighted by Crippen LogP contribution is -2.31. The van der Waals surface area contributed by atoms with Gasteiger partial charge in [-0.15, -0.1) is 0 Å². The molecule has 2 aromatic rings. The van der Waals surface area contributed by atoms with Crippen LogP contribution < -0.4 is 10.6 Å². The van der Waals surface area contributed by atoms with Crippen molar-refractivity contribution in [3.05, 3.63) is 57.4 Å². The number of nitrogens with two attached hydrogens (primary N) is 1. The largest absolute Gasteiger partial charge is 0.399 e. The highest BCUT2D eigenvalue weighted by atomic mass is 127. The van der Waals surface area contributed by atoms with Crippen molar-refractivity contribution in [2.75, 3.05) is 17.2 Å². The summed E-state index contributed by atoms with van der Waals surface area (Å²) < 4.78 is 13.7. The highest BCUT2D eigenvalue weighted by molar-refractivity contribution is 14.1. The van der Waals surface area contributed by atoms with E-state index in [1.54, 1.807) is 23.1 Å². The highest BCUT2D eigenvalue weighted by Gasteiger charge is 2.18. The van der Waals surface area contributed by atoms with E-state index < -0.39 is 0 Å². The average Bonchev–Trinajstić information content (AvgIpc) is 2.39. The smallest absolute Gasteiger partial charge is 0.259 e. The van der Waals surface area contributed by atoms with Gasteiger partial charge in [-0.2, -0.15) is 0 Å². The molecule has 2 N–H and O–H groups in total. The van der Waals surface area contributed by atoms with Crippen molar-refractivity contribution in [1.29, 1.82) is 0 Å². The molecule has 5 heteroatoms. The van der Waals surface area contributed by atoms with Gasteiger partial charge in [0.15, 0.2) is 0 Å². The van der Waals surface area contributed by atoms with Gasteiger partial charge in [0.25, 0.3) is 5.91 Å². The molecule has 0 aliphatic carbocycles. The minimum Gasteiger partial charge on any atom is -0.399 e. The second-order valence-electron chi connectivity index (χ2n) is 4.27. The molecule has 0 atom stereocenters. The van der Waals surface area contributed by atoms with Crippen LogP contribution in [0, 0.1) is 9.39 Å². The Hall–Kier alpha value is -1.63. The van der Waals surface area contributed by atoms with Gasteiger partial charge in [0, 0.05) is 21.5 Å². The Morgan fingerprint density at radius 2 is 2.05 bits per heavy atom. The van der Waals surface area contributed by atoms with Gasteiger partial charge in [-0.1, -0.05) is 6.07 Å². The third-order valence-corrected chi connectivity index (χ3v) is 3.80. The molecule has 0 unspecified atom stereocenters. The fourth-order valence-corrected chi connectivity index (χ4v) is 2.65. The van der Waals surface area contributed by atoms with E-state index in [4.69, 9.17) is 5.73 Å². The lowest BCUT2D eigenvalue weighted by Gasteiger charge is -2.22. The van der Waals surface area contributed by atoms with Crippen LogP contribution in [0.3, 0.4) is 0 Å². The molecule has 104 valence electrons. The van der Waals surface area contributed by atoms with Gasteiger partial charge in [-0.05, 0) is 65.9 Å². The molecule has 0 spiro atoms. The van der Waals surface area contributed by atoms with Crippen molar-refractivity contribution in [2.24, 2.45) is 0 Å². The van der Waals surface area contributed by atoms with Gasteiger partial charge < -0.3 is 10.6 Å². The number of anilines is 2. The molecule has 20 heavy (non-hydrogen) atoms. The number of carbonyl (C=O) groups is 1. The predicted octanol–water partition coefficient (Wildman–Crippen LogP) is 3.68. The molecular weight excluding hydrogens is 370 g/mol. The van der Waals surface area contributed by atoms with E-state index >= 15 is 0 Å². The third kappa shape index (κ3) is 3.09. The van der Waals surface area contributed by atoms with Crippen molar-refractivity contribution in [3.8, 4) is 0 Å². The molecule has 0 radical (unpaired) electrons. The van der Waals surface area contributed by atoms with E-state index in [1.807, 2.05) is 35.6 Å². The van der Waals surface area contributed by atoms with Crippen LogP contribution in [0.2, 0.25) is 0 Å². The number of nitrogen functional groups attached to an aromatic ring is 1. The molecule has 0 aromatic heterocycles. The Bertz CT molecular complexity index is 646. The van der Waals surface area contributed by atoms with E-state index in [2.05, 4.69) is 0 Å². The zero-order chi connectivity index (χ0) is 14.7. The van der Waals surface area contributed by atoms with Crippen LogP contribution in [0.5, 0.6) is 0 Å². The Kier molecular flexibility index (Phi) is 4.59. The van der Waals surface area contributed by atoms with Crippen LogP contribution >= 0.6 is 22.6 Å². The fourth-order valence-electron chi connectivity index (χ4n) is 1.94. The summed E-state index contributed by atoms with van der Waals surface area (Å²) in [5.74, 6) is -0.513. The van der Waals surface area contributed by atoms with Crippen molar-refractivity contribution in [3.63, 3.8) is 0 Å². The summed E-state index contributed by atoms with van der Waals surface area (Å²) in [5.41, 5.74) is 7.57. The van der Waals surface area contributed by atoms with Crippen LogP contribution in [0.15, 0.2) is 42.5 Å². The molecule has 1 amide bonds. The SMILES string of the molecule is CCN(C(=O)c1ccc(F)cc1I)c1cccc(N)c1. The lowest BCUT2D eigenvalue weighted by atomic mass is 10.1. The zero-order valence-electron chi connectivity index (χ0n) is 10.9. The Labute approximate surface area is 130 Å². The minimum absolute atomic E-state index is 0.164. The van der Waals surface area contributed by atoms with Gasteiger partial charge in [0.05, 0.1) is 5.56 Å². The van der Waals surface area contributed by atoms with E-state index in [0.29, 0.717) is 21.4 Å². The van der Waals surface area contributed by atoms with E-state index in [0.717, 1.165) is 5.69 Å². The van der Waals surface area contributed by atoms with Crippen LogP contribution in [-0.2, 0) is 0 Å². The van der Waals surface area contributed by atoms with Gasteiger partial charge in [0.2, 0.25) is 0 Å². The average molecular weight is 384 g/mol.